The number of hydrogen-bond acceptors (Lipinski definition) is 8. The van der Waals surface area contributed by atoms with Crippen LogP contribution in [0.5, 0.6) is 0 Å². The average Bonchev–Trinajstić information content (AvgIpc) is 3.06. The molecule has 0 fully saturated rings. The molecule has 0 spiro atoms. The van der Waals surface area contributed by atoms with Crippen molar-refractivity contribution in [1.82, 2.24) is 4.90 Å². The zero-order chi connectivity index (χ0) is 27.8. The third-order valence-electron chi connectivity index (χ3n) is 6.34. The molecule has 0 unspecified atom stereocenters. The van der Waals surface area contributed by atoms with Crippen LogP contribution in [0.15, 0.2) is 61.5 Å². The van der Waals surface area contributed by atoms with Crippen LogP contribution in [0.25, 0.3) is 0 Å². The fourth-order valence-corrected chi connectivity index (χ4v) is 7.04. The van der Waals surface area contributed by atoms with Crippen molar-refractivity contribution in [3.05, 3.63) is 75.6 Å². The minimum atomic E-state index is -4.51. The lowest BCUT2D eigenvalue weighted by molar-refractivity contribution is 0.0532. The van der Waals surface area contributed by atoms with Gasteiger partial charge in [-0.05, 0) is 41.3 Å². The molecule has 1 aromatic heterocycles. The van der Waals surface area contributed by atoms with Crippen molar-refractivity contribution >= 4 is 42.8 Å². The minimum absolute atomic E-state index is 0.0139. The van der Waals surface area contributed by atoms with Crippen molar-refractivity contribution in [2.24, 2.45) is 5.41 Å². The van der Waals surface area contributed by atoms with Crippen LogP contribution in [0.4, 0.5) is 21.5 Å². The fraction of sp³-hybridized carbons (Fsp3) is 0.280. The molecule has 1 atom stereocenters. The van der Waals surface area contributed by atoms with Crippen LogP contribution in [0.2, 0.25) is 0 Å². The van der Waals surface area contributed by atoms with E-state index < -0.39 is 53.6 Å². The second-order valence-electron chi connectivity index (χ2n) is 10.4. The Morgan fingerprint density at radius 3 is 2.37 bits per heavy atom. The number of carbonyl (C=O) groups is 1. The van der Waals surface area contributed by atoms with Crippen LogP contribution in [0.3, 0.4) is 0 Å². The number of halogens is 1. The normalized spacial score (nSPS) is 17.9. The average molecular weight is 562 g/mol. The van der Waals surface area contributed by atoms with E-state index in [1.165, 1.54) is 41.3 Å². The standard InChI is InChI=1S/C25H24FN3O7S2/c1-25(2,3)22-20-18(23(30)29(22)12-13-5-7-14(26)8-6-13)19-21(24(31)36-20)38(34,35)17-11-15(28-37(4,32)33)9-10-16(17)27-19/h5-11,22,27-28H,12H2,1-4H3/t22-/m1/s1. The number of amides is 1. The van der Waals surface area contributed by atoms with Crippen LogP contribution in [0, 0.1) is 11.2 Å². The second-order valence-corrected chi connectivity index (χ2v) is 14.0. The van der Waals surface area contributed by atoms with Crippen LogP contribution in [-0.4, -0.2) is 33.9 Å². The number of fused-ring (bicyclic) bond motifs is 4. The zero-order valence-corrected chi connectivity index (χ0v) is 22.5. The van der Waals surface area contributed by atoms with Crippen molar-refractivity contribution in [2.75, 3.05) is 16.3 Å². The lowest BCUT2D eigenvalue weighted by Crippen LogP contribution is -2.35. The maximum atomic E-state index is 13.8. The van der Waals surface area contributed by atoms with Gasteiger partial charge in [0.05, 0.1) is 28.6 Å². The quantitative estimate of drug-likeness (QED) is 0.383. The van der Waals surface area contributed by atoms with Crippen LogP contribution < -0.4 is 15.7 Å². The maximum absolute atomic E-state index is 13.8. The van der Waals surface area contributed by atoms with Gasteiger partial charge in [0.1, 0.15) is 17.1 Å². The number of anilines is 3. The molecule has 2 aromatic carbocycles. The summed E-state index contributed by atoms with van der Waals surface area (Å²) in [7, 11) is -8.20. The Bertz CT molecular complexity index is 1770. The highest BCUT2D eigenvalue weighted by Gasteiger charge is 2.50. The predicted molar refractivity (Wildman–Crippen MR) is 137 cm³/mol. The number of benzene rings is 2. The molecule has 2 aliphatic heterocycles. The van der Waals surface area contributed by atoms with E-state index in [4.69, 9.17) is 4.42 Å². The Morgan fingerprint density at radius 2 is 1.76 bits per heavy atom. The Hall–Kier alpha value is -3.71. The van der Waals surface area contributed by atoms with Gasteiger partial charge in [0.25, 0.3) is 5.91 Å². The number of rotatable bonds is 4. The lowest BCUT2D eigenvalue weighted by atomic mass is 9.84. The Balaban J connectivity index is 1.68. The van der Waals surface area contributed by atoms with E-state index in [0.29, 0.717) is 5.56 Å². The van der Waals surface area contributed by atoms with Gasteiger partial charge in [-0.15, -0.1) is 0 Å². The van der Waals surface area contributed by atoms with Crippen molar-refractivity contribution in [2.45, 2.75) is 43.1 Å². The van der Waals surface area contributed by atoms with E-state index in [2.05, 4.69) is 10.0 Å². The summed E-state index contributed by atoms with van der Waals surface area (Å²) in [6.07, 6.45) is 0.918. The largest absolute Gasteiger partial charge is 0.424 e. The first kappa shape index (κ1) is 25.9. The van der Waals surface area contributed by atoms with E-state index in [1.54, 1.807) is 0 Å². The molecule has 0 aliphatic carbocycles. The smallest absolute Gasteiger partial charge is 0.357 e. The molecule has 1 amide bonds. The monoisotopic (exact) mass is 561 g/mol. The molecule has 5 rings (SSSR count). The van der Waals surface area contributed by atoms with Gasteiger partial charge in [0, 0.05) is 12.2 Å². The summed E-state index contributed by atoms with van der Waals surface area (Å²) in [5, 5.41) is 2.91. The van der Waals surface area contributed by atoms with E-state index in [-0.39, 0.29) is 39.8 Å². The number of sulfone groups is 1. The molecular weight excluding hydrogens is 537 g/mol. The number of carbonyl (C=O) groups excluding carboxylic acids is 1. The van der Waals surface area contributed by atoms with Crippen molar-refractivity contribution in [1.29, 1.82) is 0 Å². The molecule has 0 saturated heterocycles. The molecule has 200 valence electrons. The summed E-state index contributed by atoms with van der Waals surface area (Å²) in [6.45, 7) is 5.63. The minimum Gasteiger partial charge on any atom is -0.424 e. The third kappa shape index (κ3) is 4.25. The Labute approximate surface area is 218 Å². The number of nitrogens with zero attached hydrogens (tertiary/aromatic N) is 1. The molecule has 0 saturated carbocycles. The highest BCUT2D eigenvalue weighted by atomic mass is 32.2. The van der Waals surface area contributed by atoms with E-state index in [9.17, 15) is 30.8 Å². The van der Waals surface area contributed by atoms with Gasteiger partial charge in [-0.3, -0.25) is 9.52 Å². The summed E-state index contributed by atoms with van der Waals surface area (Å²) in [5.74, 6) is -0.944. The predicted octanol–water partition coefficient (Wildman–Crippen LogP) is 3.78. The summed E-state index contributed by atoms with van der Waals surface area (Å²) < 4.78 is 71.7. The summed E-state index contributed by atoms with van der Waals surface area (Å²) in [6, 6.07) is 8.70. The van der Waals surface area contributed by atoms with Crippen molar-refractivity contribution in [3.63, 3.8) is 0 Å². The summed E-state index contributed by atoms with van der Waals surface area (Å²) in [5.41, 5.74) is -1.34. The van der Waals surface area contributed by atoms with Gasteiger partial charge in [-0.2, -0.15) is 0 Å². The first-order valence-electron chi connectivity index (χ1n) is 11.5. The number of nitrogens with one attached hydrogen (secondary N) is 2. The van der Waals surface area contributed by atoms with Gasteiger partial charge < -0.3 is 14.6 Å². The van der Waals surface area contributed by atoms with Gasteiger partial charge in [-0.25, -0.2) is 26.0 Å². The van der Waals surface area contributed by atoms with Gasteiger partial charge in [-0.1, -0.05) is 32.9 Å². The zero-order valence-electron chi connectivity index (χ0n) is 20.8. The summed E-state index contributed by atoms with van der Waals surface area (Å²) >= 11 is 0. The molecule has 0 radical (unpaired) electrons. The fourth-order valence-electron chi connectivity index (χ4n) is 4.89. The third-order valence-corrected chi connectivity index (χ3v) is 8.77. The van der Waals surface area contributed by atoms with Gasteiger partial charge in [0.15, 0.2) is 4.90 Å². The van der Waals surface area contributed by atoms with E-state index >= 15 is 0 Å². The van der Waals surface area contributed by atoms with E-state index in [1.807, 2.05) is 20.8 Å². The molecular formula is C25H24FN3O7S2. The lowest BCUT2D eigenvalue weighted by Gasteiger charge is -2.34. The molecule has 38 heavy (non-hydrogen) atoms. The second kappa shape index (κ2) is 8.40. The van der Waals surface area contributed by atoms with Crippen molar-refractivity contribution in [3.8, 4) is 0 Å². The first-order valence-corrected chi connectivity index (χ1v) is 14.9. The Kier molecular flexibility index (Phi) is 5.73. The molecule has 10 nitrogen and oxygen atoms in total. The van der Waals surface area contributed by atoms with E-state index in [0.717, 1.165) is 12.3 Å². The van der Waals surface area contributed by atoms with Crippen LogP contribution >= 0.6 is 0 Å². The molecule has 13 heteroatoms. The summed E-state index contributed by atoms with van der Waals surface area (Å²) in [4.78, 5) is 27.4. The molecule has 2 aliphatic rings. The topological polar surface area (TPSA) is 143 Å². The van der Waals surface area contributed by atoms with Crippen molar-refractivity contribution < 1.29 is 30.4 Å². The van der Waals surface area contributed by atoms with Gasteiger partial charge in [0.2, 0.25) is 19.9 Å². The Morgan fingerprint density at radius 1 is 1.11 bits per heavy atom. The highest BCUT2D eigenvalue weighted by molar-refractivity contribution is 7.92. The number of hydrogen-bond donors (Lipinski definition) is 2. The van der Waals surface area contributed by atoms with Gasteiger partial charge >= 0.3 is 5.63 Å². The van der Waals surface area contributed by atoms with Crippen LogP contribution in [0.1, 0.15) is 48.5 Å². The first-order chi connectivity index (χ1) is 17.6. The van der Waals surface area contributed by atoms with Crippen LogP contribution in [-0.2, 0) is 26.4 Å². The SMILES string of the molecule is CC(C)(C)[C@H]1c2oc(=O)c3c(c2C(=O)N1Cc1ccc(F)cc1)Nc1ccc(NS(C)(=O)=O)cc1S3(=O)=O. The molecule has 3 aromatic rings. The molecule has 2 N–H and O–H groups in total. The highest BCUT2D eigenvalue weighted by Crippen LogP contribution is 2.50. The number of sulfonamides is 1. The maximum Gasteiger partial charge on any atom is 0.357 e. The molecule has 0 bridgehead atoms. The molecule has 3 heterocycles.